The highest BCUT2D eigenvalue weighted by molar-refractivity contribution is 6.07. The number of anilines is 4. The molecule has 0 aliphatic heterocycles. The first kappa shape index (κ1) is 64.2. The minimum absolute atomic E-state index is 0.0161. The van der Waals surface area contributed by atoms with Gasteiger partial charge in [0.05, 0.1) is 49.6 Å². The number of methoxy groups -OCH3 is 3. The average molecular weight is 1110 g/mol. The standard InChI is InChI=1S/C55H77N13O12/c1-78-45-21-17-33(29-37(45)48(61)70)64-53(75)41(13-5-9-25-57)66-49(71)36-28-32(16-20-44(36)69)63-54(76)42(14-6-10-26-58)67-51(73)39-31-35(19-23-47(39)80-3)65-55(77)43(15-7-11-27-59)68-50(72)38-30-34(18-22-46(38)79-2)62-52(74)40(60)12-4-8-24-56/h16-23,28-31,40-43,69H,4-15,24-27,56-60H2,1-3H3,(H2,61,70)(H,62,74)(H,63,76)(H,64,75)(H,65,77)(H,66,71)(H,67,73)(H,68,72)/t40-,41-,42-,43-/m0/s1. The lowest BCUT2D eigenvalue weighted by Gasteiger charge is -2.21. The number of unbranched alkanes of at least 4 members (excludes halogenated alkanes) is 4. The summed E-state index contributed by atoms with van der Waals surface area (Å²) in [5, 5.41) is 29.9. The number of ether oxygens (including phenoxy) is 3. The van der Waals surface area contributed by atoms with Gasteiger partial charge < -0.3 is 90.9 Å². The van der Waals surface area contributed by atoms with Crippen LogP contribution in [-0.2, 0) is 19.2 Å². The van der Waals surface area contributed by atoms with Crippen molar-refractivity contribution in [1.29, 1.82) is 0 Å². The number of carbonyl (C=O) groups excluding carboxylic acids is 8. The van der Waals surface area contributed by atoms with Gasteiger partial charge in [0.15, 0.2) is 0 Å². The van der Waals surface area contributed by atoms with Gasteiger partial charge in [-0.3, -0.25) is 38.4 Å². The maximum atomic E-state index is 14.2. The van der Waals surface area contributed by atoms with Crippen molar-refractivity contribution in [3.63, 3.8) is 0 Å². The van der Waals surface area contributed by atoms with E-state index in [9.17, 15) is 43.5 Å². The van der Waals surface area contributed by atoms with Gasteiger partial charge in [-0.15, -0.1) is 0 Å². The highest BCUT2D eigenvalue weighted by Crippen LogP contribution is 2.28. The van der Waals surface area contributed by atoms with Crippen LogP contribution < -0.4 is 85.8 Å². The second-order valence-electron chi connectivity index (χ2n) is 18.6. The van der Waals surface area contributed by atoms with E-state index in [-0.39, 0.29) is 81.5 Å². The van der Waals surface area contributed by atoms with Crippen molar-refractivity contribution in [2.45, 2.75) is 101 Å². The number of carbonyl (C=O) groups is 8. The number of rotatable bonds is 34. The molecule has 4 aromatic rings. The van der Waals surface area contributed by atoms with E-state index in [0.717, 1.165) is 0 Å². The van der Waals surface area contributed by atoms with Crippen LogP contribution in [0.1, 0.15) is 118 Å². The minimum atomic E-state index is -1.20. The molecule has 0 bridgehead atoms. The molecule has 0 radical (unpaired) electrons. The zero-order valence-corrected chi connectivity index (χ0v) is 45.5. The lowest BCUT2D eigenvalue weighted by molar-refractivity contribution is -0.118. The smallest absolute Gasteiger partial charge is 0.255 e. The maximum Gasteiger partial charge on any atom is 0.255 e. The third-order valence-corrected chi connectivity index (χ3v) is 12.7. The van der Waals surface area contributed by atoms with Crippen LogP contribution in [-0.4, -0.2) is 124 Å². The minimum Gasteiger partial charge on any atom is -0.507 e. The Bertz CT molecular complexity index is 2780. The number of hydrogen-bond acceptors (Lipinski definition) is 17. The molecule has 0 aromatic heterocycles. The molecule has 4 rings (SSSR count). The van der Waals surface area contributed by atoms with Crippen molar-refractivity contribution in [2.24, 2.45) is 34.4 Å². The molecule has 25 nitrogen and oxygen atoms in total. The van der Waals surface area contributed by atoms with E-state index in [1.165, 1.54) is 88.1 Å². The Hall–Kier alpha value is -8.36. The zero-order chi connectivity index (χ0) is 58.7. The van der Waals surface area contributed by atoms with E-state index in [4.69, 9.17) is 48.6 Å². The number of amides is 8. The molecule has 4 aromatic carbocycles. The fraction of sp³-hybridized carbons (Fsp3) is 0.418. The molecule has 0 spiro atoms. The summed E-state index contributed by atoms with van der Waals surface area (Å²) >= 11 is 0. The Labute approximate surface area is 464 Å². The van der Waals surface area contributed by atoms with Crippen molar-refractivity contribution >= 4 is 70.0 Å². The molecule has 8 amide bonds. The number of primary amides is 1. The van der Waals surface area contributed by atoms with Gasteiger partial charge in [-0.25, -0.2) is 0 Å². The van der Waals surface area contributed by atoms with E-state index < -0.39 is 77.2 Å². The third-order valence-electron chi connectivity index (χ3n) is 12.7. The van der Waals surface area contributed by atoms with E-state index in [2.05, 4.69) is 37.2 Å². The summed E-state index contributed by atoms with van der Waals surface area (Å²) in [6.07, 6.45) is 5.08. The normalized spacial score (nSPS) is 12.3. The topological polar surface area (TPSA) is 425 Å². The molecule has 0 aliphatic rings. The zero-order valence-electron chi connectivity index (χ0n) is 45.5. The number of aromatic hydroxyl groups is 1. The quantitative estimate of drug-likeness (QED) is 0.0236. The molecule has 0 saturated carbocycles. The van der Waals surface area contributed by atoms with E-state index in [1.54, 1.807) is 6.07 Å². The molecule has 80 heavy (non-hydrogen) atoms. The van der Waals surface area contributed by atoms with Gasteiger partial charge in [0.2, 0.25) is 23.6 Å². The lowest BCUT2D eigenvalue weighted by Crippen LogP contribution is -2.44. The summed E-state index contributed by atoms with van der Waals surface area (Å²) in [4.78, 5) is 108. The van der Waals surface area contributed by atoms with Gasteiger partial charge in [-0.1, -0.05) is 6.42 Å². The fourth-order valence-electron chi connectivity index (χ4n) is 8.26. The van der Waals surface area contributed by atoms with E-state index >= 15 is 0 Å². The number of benzene rings is 4. The molecule has 0 heterocycles. The van der Waals surface area contributed by atoms with Gasteiger partial charge in [0.25, 0.3) is 23.6 Å². The maximum absolute atomic E-state index is 14.2. The molecule has 434 valence electrons. The van der Waals surface area contributed by atoms with Crippen LogP contribution in [0, 0.1) is 0 Å². The molecule has 20 N–H and O–H groups in total. The highest BCUT2D eigenvalue weighted by Gasteiger charge is 2.28. The summed E-state index contributed by atoms with van der Waals surface area (Å²) in [5.41, 5.74) is 34.7. The SMILES string of the molecule is COc1ccc(NC(=O)[C@H](CCCCN)NC(=O)c2cc(NC(=O)[C@H](CCCCN)NC(=O)c3cc(NC(=O)[C@H](CCCCN)NC(=O)c4cc(NC(=O)[C@@H](N)CCCCN)ccc4OC)ccc3OC)ccc2O)cc1C(N)=O. The first-order valence-corrected chi connectivity index (χ1v) is 26.3. The van der Waals surface area contributed by atoms with Crippen LogP contribution in [0.15, 0.2) is 72.8 Å². The fourth-order valence-corrected chi connectivity index (χ4v) is 8.26. The molecule has 0 fully saturated rings. The Morgan fingerprint density at radius 3 is 1.07 bits per heavy atom. The lowest BCUT2D eigenvalue weighted by atomic mass is 10.1. The van der Waals surface area contributed by atoms with Crippen LogP contribution in [0.4, 0.5) is 22.7 Å². The van der Waals surface area contributed by atoms with Crippen molar-refractivity contribution < 1.29 is 57.7 Å². The predicted molar refractivity (Wildman–Crippen MR) is 303 cm³/mol. The second kappa shape index (κ2) is 33.2. The first-order valence-electron chi connectivity index (χ1n) is 26.3. The van der Waals surface area contributed by atoms with Crippen molar-refractivity contribution in [3.8, 4) is 23.0 Å². The largest absolute Gasteiger partial charge is 0.507 e. The molecule has 0 unspecified atom stereocenters. The average Bonchev–Trinajstić information content (AvgIpc) is 3.45. The van der Waals surface area contributed by atoms with Crippen molar-refractivity contribution in [3.05, 3.63) is 95.1 Å². The summed E-state index contributed by atoms with van der Waals surface area (Å²) in [6.45, 7) is 1.42. The van der Waals surface area contributed by atoms with E-state index in [1.807, 2.05) is 0 Å². The van der Waals surface area contributed by atoms with Gasteiger partial charge in [0, 0.05) is 22.7 Å². The van der Waals surface area contributed by atoms with Crippen molar-refractivity contribution in [2.75, 3.05) is 68.8 Å². The van der Waals surface area contributed by atoms with Gasteiger partial charge in [-0.2, -0.15) is 0 Å². The number of hydrogen-bond donors (Lipinski definition) is 14. The second-order valence-corrected chi connectivity index (χ2v) is 18.6. The Morgan fingerprint density at radius 2 is 0.725 bits per heavy atom. The monoisotopic (exact) mass is 1110 g/mol. The summed E-state index contributed by atoms with van der Waals surface area (Å²) in [5.74, 6) is -5.56. The van der Waals surface area contributed by atoms with E-state index in [0.29, 0.717) is 84.0 Å². The molecular formula is C55H77N13O12. The van der Waals surface area contributed by atoms with Crippen LogP contribution in [0.5, 0.6) is 23.0 Å². The summed E-state index contributed by atoms with van der Waals surface area (Å²) < 4.78 is 16.1. The number of phenolic OH excluding ortho intramolecular Hbond substituents is 1. The Kier molecular flexibility index (Phi) is 26.6. The number of nitrogens with one attached hydrogen (secondary N) is 7. The van der Waals surface area contributed by atoms with Crippen molar-refractivity contribution in [1.82, 2.24) is 16.0 Å². The molecule has 4 atom stereocenters. The predicted octanol–water partition coefficient (Wildman–Crippen LogP) is 2.51. The molecule has 25 heteroatoms. The van der Waals surface area contributed by atoms with Crippen LogP contribution in [0.25, 0.3) is 0 Å². The van der Waals surface area contributed by atoms with Crippen LogP contribution in [0.2, 0.25) is 0 Å². The Balaban J connectivity index is 1.53. The first-order chi connectivity index (χ1) is 38.4. The summed E-state index contributed by atoms with van der Waals surface area (Å²) in [6, 6.07) is 12.5. The van der Waals surface area contributed by atoms with Crippen LogP contribution in [0.3, 0.4) is 0 Å². The van der Waals surface area contributed by atoms with Gasteiger partial charge in [0.1, 0.15) is 41.1 Å². The third kappa shape index (κ3) is 19.5. The Morgan fingerprint density at radius 1 is 0.425 bits per heavy atom. The molecular weight excluding hydrogens is 1030 g/mol. The molecule has 0 saturated heterocycles. The number of nitrogens with two attached hydrogens (primary N) is 6. The van der Waals surface area contributed by atoms with Gasteiger partial charge in [-0.05, 0) is 170 Å². The summed E-state index contributed by atoms with van der Waals surface area (Å²) in [7, 11) is 4.06. The van der Waals surface area contributed by atoms with Gasteiger partial charge >= 0.3 is 0 Å². The van der Waals surface area contributed by atoms with Crippen LogP contribution >= 0.6 is 0 Å². The highest BCUT2D eigenvalue weighted by atomic mass is 16.5. The molecule has 0 aliphatic carbocycles. The number of phenols is 1.